The van der Waals surface area contributed by atoms with Crippen molar-refractivity contribution in [2.75, 3.05) is 5.73 Å². The van der Waals surface area contributed by atoms with E-state index in [1.54, 1.807) is 30.3 Å². The Bertz CT molecular complexity index is 737. The van der Waals surface area contributed by atoms with Crippen molar-refractivity contribution in [2.24, 2.45) is 0 Å². The molecule has 108 valence electrons. The maximum absolute atomic E-state index is 12.5. The molecule has 0 atom stereocenters. The third kappa shape index (κ3) is 4.33. The predicted octanol–water partition coefficient (Wildman–Crippen LogP) is -0.788. The van der Waals surface area contributed by atoms with Gasteiger partial charge < -0.3 is 15.6 Å². The molecule has 2 N–H and O–H groups in total. The fourth-order valence-corrected chi connectivity index (χ4v) is 2.70. The van der Waals surface area contributed by atoms with E-state index in [2.05, 4.69) is 15.9 Å². The number of benzene rings is 2. The first-order chi connectivity index (χ1) is 9.90. The average Bonchev–Trinajstić information content (AvgIpc) is 2.40. The number of nitrogens with two attached hydrogens (primary N) is 1. The standard InChI is InChI=1S/C15H11BrClNO3.Na/c16-9-4-5-10(12(17)7-9)15(21)11-3-1-2-8(14(11)18)6-13(19)20;/h1-5,7H,6,18H2,(H,19,20);/q;+1/p-1. The molecule has 2 aromatic carbocycles. The summed E-state index contributed by atoms with van der Waals surface area (Å²) >= 11 is 9.32. The molecule has 0 aliphatic carbocycles. The number of ketones is 1. The molecule has 0 spiro atoms. The summed E-state index contributed by atoms with van der Waals surface area (Å²) in [6.45, 7) is 0. The van der Waals surface area contributed by atoms with Crippen LogP contribution in [-0.2, 0) is 11.2 Å². The largest absolute Gasteiger partial charge is 1.00 e. The van der Waals surface area contributed by atoms with Crippen LogP contribution in [-0.4, -0.2) is 11.8 Å². The van der Waals surface area contributed by atoms with Gasteiger partial charge in [0.2, 0.25) is 0 Å². The molecule has 0 unspecified atom stereocenters. The van der Waals surface area contributed by atoms with E-state index in [0.717, 1.165) is 4.47 Å². The van der Waals surface area contributed by atoms with E-state index in [1.807, 2.05) is 0 Å². The van der Waals surface area contributed by atoms with Gasteiger partial charge >= 0.3 is 29.6 Å². The Kier molecular flexibility index (Phi) is 7.09. The summed E-state index contributed by atoms with van der Waals surface area (Å²) in [5.74, 6) is -1.61. The smallest absolute Gasteiger partial charge is 0.550 e. The molecule has 0 aromatic heterocycles. The summed E-state index contributed by atoms with van der Waals surface area (Å²) in [6.07, 6.45) is -0.346. The fourth-order valence-electron chi connectivity index (χ4n) is 1.94. The maximum atomic E-state index is 12.5. The summed E-state index contributed by atoms with van der Waals surface area (Å²) in [5.41, 5.74) is 6.88. The first kappa shape index (κ1) is 19.2. The van der Waals surface area contributed by atoms with Gasteiger partial charge in [-0.1, -0.05) is 39.7 Å². The Labute approximate surface area is 163 Å². The minimum absolute atomic E-state index is 0. The summed E-state index contributed by atoms with van der Waals surface area (Å²) < 4.78 is 0.753. The number of carboxylic acids is 1. The molecular weight excluding hydrogens is 381 g/mol. The minimum atomic E-state index is -1.26. The normalized spacial score (nSPS) is 9.91. The Morgan fingerprint density at radius 1 is 1.18 bits per heavy atom. The fraction of sp³-hybridized carbons (Fsp3) is 0.0667. The monoisotopic (exact) mass is 389 g/mol. The van der Waals surface area contributed by atoms with Crippen molar-refractivity contribution in [1.82, 2.24) is 0 Å². The Balaban J connectivity index is 0.00000242. The number of rotatable bonds is 4. The molecule has 0 aliphatic heterocycles. The number of carbonyl (C=O) groups is 2. The van der Waals surface area contributed by atoms with Crippen LogP contribution in [0.25, 0.3) is 0 Å². The zero-order valence-electron chi connectivity index (χ0n) is 11.7. The molecule has 0 fully saturated rings. The van der Waals surface area contributed by atoms with Gasteiger partial charge in [0.15, 0.2) is 5.78 Å². The third-order valence-electron chi connectivity index (χ3n) is 2.95. The van der Waals surface area contributed by atoms with Crippen LogP contribution in [0.2, 0.25) is 5.02 Å². The zero-order chi connectivity index (χ0) is 15.6. The van der Waals surface area contributed by atoms with Gasteiger partial charge in [0, 0.05) is 33.7 Å². The molecular formula is C15H10BrClNNaO3. The SMILES string of the molecule is Nc1c(CC(=O)[O-])cccc1C(=O)c1ccc(Br)cc1Cl.[Na+]. The van der Waals surface area contributed by atoms with Crippen LogP contribution in [0.3, 0.4) is 0 Å². The second-order valence-electron chi connectivity index (χ2n) is 4.38. The summed E-state index contributed by atoms with van der Waals surface area (Å²) in [4.78, 5) is 23.2. The molecule has 0 heterocycles. The summed E-state index contributed by atoms with van der Waals surface area (Å²) in [6, 6.07) is 9.55. The van der Waals surface area contributed by atoms with E-state index in [4.69, 9.17) is 17.3 Å². The summed E-state index contributed by atoms with van der Waals surface area (Å²) in [5, 5.41) is 11.0. The van der Waals surface area contributed by atoms with Gasteiger partial charge in [-0.05, 0) is 29.8 Å². The molecule has 2 aromatic rings. The third-order valence-corrected chi connectivity index (χ3v) is 3.76. The van der Waals surface area contributed by atoms with E-state index in [-0.39, 0.29) is 53.0 Å². The summed E-state index contributed by atoms with van der Waals surface area (Å²) in [7, 11) is 0. The van der Waals surface area contributed by atoms with Crippen molar-refractivity contribution in [1.29, 1.82) is 0 Å². The van der Waals surface area contributed by atoms with Gasteiger partial charge in [-0.3, -0.25) is 4.79 Å². The van der Waals surface area contributed by atoms with Crippen molar-refractivity contribution in [3.05, 3.63) is 62.6 Å². The van der Waals surface area contributed by atoms with E-state index in [9.17, 15) is 14.7 Å². The number of carboxylic acid groups (broad SMARTS) is 1. The van der Waals surface area contributed by atoms with Crippen LogP contribution in [0.1, 0.15) is 21.5 Å². The number of nitrogen functional groups attached to an aromatic ring is 1. The first-order valence-corrected chi connectivity index (χ1v) is 7.14. The van der Waals surface area contributed by atoms with Crippen LogP contribution in [0.4, 0.5) is 5.69 Å². The van der Waals surface area contributed by atoms with Crippen LogP contribution in [0.5, 0.6) is 0 Å². The number of aliphatic carboxylic acids is 1. The first-order valence-electron chi connectivity index (χ1n) is 5.97. The van der Waals surface area contributed by atoms with Gasteiger partial charge in [0.05, 0.1) is 5.02 Å². The zero-order valence-corrected chi connectivity index (χ0v) is 16.1. The number of halogens is 2. The molecule has 2 rings (SSSR count). The van der Waals surface area contributed by atoms with Crippen LogP contribution in [0.15, 0.2) is 40.9 Å². The Morgan fingerprint density at radius 3 is 2.45 bits per heavy atom. The molecule has 0 saturated heterocycles. The second kappa shape index (κ2) is 8.13. The average molecular weight is 391 g/mol. The van der Waals surface area contributed by atoms with Gasteiger partial charge in [0.1, 0.15) is 0 Å². The number of para-hydroxylation sites is 1. The number of carbonyl (C=O) groups excluding carboxylic acids is 2. The van der Waals surface area contributed by atoms with E-state index < -0.39 is 5.97 Å². The quantitative estimate of drug-likeness (QED) is 0.421. The molecule has 7 heteroatoms. The number of anilines is 1. The van der Waals surface area contributed by atoms with E-state index in [1.165, 1.54) is 6.07 Å². The molecule has 0 aliphatic rings. The van der Waals surface area contributed by atoms with Crippen molar-refractivity contribution >= 4 is 45.0 Å². The van der Waals surface area contributed by atoms with Crippen molar-refractivity contribution in [3.63, 3.8) is 0 Å². The molecule has 0 saturated carbocycles. The maximum Gasteiger partial charge on any atom is 1.00 e. The van der Waals surface area contributed by atoms with Crippen molar-refractivity contribution < 1.29 is 44.3 Å². The van der Waals surface area contributed by atoms with Crippen LogP contribution < -0.4 is 40.4 Å². The van der Waals surface area contributed by atoms with Crippen LogP contribution >= 0.6 is 27.5 Å². The Morgan fingerprint density at radius 2 is 1.86 bits per heavy atom. The van der Waals surface area contributed by atoms with Gasteiger partial charge in [-0.25, -0.2) is 0 Å². The van der Waals surface area contributed by atoms with E-state index >= 15 is 0 Å². The topological polar surface area (TPSA) is 83.2 Å². The van der Waals surface area contributed by atoms with Gasteiger partial charge in [-0.2, -0.15) is 0 Å². The Hall–Kier alpha value is -0.850. The number of hydrogen-bond donors (Lipinski definition) is 1. The minimum Gasteiger partial charge on any atom is -0.550 e. The molecule has 0 bridgehead atoms. The van der Waals surface area contributed by atoms with Crippen molar-refractivity contribution in [2.45, 2.75) is 6.42 Å². The predicted molar refractivity (Wildman–Crippen MR) is 82.1 cm³/mol. The number of hydrogen-bond acceptors (Lipinski definition) is 4. The van der Waals surface area contributed by atoms with Gasteiger partial charge in [0.25, 0.3) is 0 Å². The van der Waals surface area contributed by atoms with Gasteiger partial charge in [-0.15, -0.1) is 0 Å². The van der Waals surface area contributed by atoms with Crippen molar-refractivity contribution in [3.8, 4) is 0 Å². The molecule has 0 radical (unpaired) electrons. The molecule has 4 nitrogen and oxygen atoms in total. The van der Waals surface area contributed by atoms with Crippen LogP contribution in [0, 0.1) is 0 Å². The molecule has 0 amide bonds. The second-order valence-corrected chi connectivity index (χ2v) is 5.70. The molecule has 22 heavy (non-hydrogen) atoms. The van der Waals surface area contributed by atoms with E-state index in [0.29, 0.717) is 16.1 Å².